The van der Waals surface area contributed by atoms with Gasteiger partial charge in [0.25, 0.3) is 0 Å². The van der Waals surface area contributed by atoms with Crippen LogP contribution in [0, 0.1) is 0 Å². The Morgan fingerprint density at radius 3 is 1.28 bits per heavy atom. The van der Waals surface area contributed by atoms with Gasteiger partial charge in [-0.25, -0.2) is 0 Å². The summed E-state index contributed by atoms with van der Waals surface area (Å²) in [6.07, 6.45) is 22.3. The number of hydrogen-bond donors (Lipinski definition) is 2. The Morgan fingerprint density at radius 2 is 0.880 bits per heavy atom. The molecule has 0 amide bonds. The molecule has 0 fully saturated rings. The molecule has 3 heteroatoms. The molecule has 3 nitrogen and oxygen atoms in total. The second-order valence-corrected chi connectivity index (χ2v) is 7.45. The lowest BCUT2D eigenvalue weighted by atomic mass is 10.0. The summed E-state index contributed by atoms with van der Waals surface area (Å²) in [4.78, 5) is 2.55. The Hall–Kier alpha value is -0.380. The molecule has 4 N–H and O–H groups in total. The zero-order valence-electron chi connectivity index (χ0n) is 17.0. The molecule has 0 heterocycles. The predicted molar refractivity (Wildman–Crippen MR) is 114 cm³/mol. The van der Waals surface area contributed by atoms with Crippen molar-refractivity contribution in [2.45, 2.75) is 96.3 Å². The van der Waals surface area contributed by atoms with Gasteiger partial charge in [0.1, 0.15) is 0 Å². The van der Waals surface area contributed by atoms with E-state index in [9.17, 15) is 0 Å². The highest BCUT2D eigenvalue weighted by Crippen LogP contribution is 2.12. The van der Waals surface area contributed by atoms with E-state index < -0.39 is 0 Å². The van der Waals surface area contributed by atoms with Crippen LogP contribution in [0.1, 0.15) is 96.3 Å². The minimum atomic E-state index is 0.800. The van der Waals surface area contributed by atoms with E-state index >= 15 is 0 Å². The summed E-state index contributed by atoms with van der Waals surface area (Å²) in [5.74, 6) is 0. The van der Waals surface area contributed by atoms with Crippen molar-refractivity contribution >= 4 is 0 Å². The SMILES string of the molecule is C=CCCCCCCCCCCCCCCN(CCCN)CCCN. The van der Waals surface area contributed by atoms with Crippen LogP contribution < -0.4 is 11.5 Å². The molecule has 0 aliphatic rings. The van der Waals surface area contributed by atoms with Gasteiger partial charge < -0.3 is 16.4 Å². The average Bonchev–Trinajstić information content (AvgIpc) is 2.63. The fourth-order valence-corrected chi connectivity index (χ4v) is 3.36. The quantitative estimate of drug-likeness (QED) is 0.219. The summed E-state index contributed by atoms with van der Waals surface area (Å²) in [5, 5.41) is 0. The second-order valence-electron chi connectivity index (χ2n) is 7.45. The van der Waals surface area contributed by atoms with Crippen molar-refractivity contribution in [2.75, 3.05) is 32.7 Å². The summed E-state index contributed by atoms with van der Waals surface area (Å²) in [6, 6.07) is 0. The summed E-state index contributed by atoms with van der Waals surface area (Å²) >= 11 is 0. The van der Waals surface area contributed by atoms with E-state index in [-0.39, 0.29) is 0 Å². The maximum Gasteiger partial charge on any atom is -0.000671 e. The fraction of sp³-hybridized carbons (Fsp3) is 0.909. The van der Waals surface area contributed by atoms with Crippen LogP contribution in [0.15, 0.2) is 12.7 Å². The molecule has 0 aromatic carbocycles. The van der Waals surface area contributed by atoms with Crippen LogP contribution in [0.3, 0.4) is 0 Å². The largest absolute Gasteiger partial charge is 0.330 e. The third-order valence-corrected chi connectivity index (χ3v) is 4.99. The maximum absolute atomic E-state index is 5.63. The monoisotopic (exact) mass is 353 g/mol. The molecular formula is C22H47N3. The molecule has 0 saturated heterocycles. The van der Waals surface area contributed by atoms with E-state index in [0.717, 1.165) is 39.0 Å². The van der Waals surface area contributed by atoms with Crippen LogP contribution in [-0.2, 0) is 0 Å². The van der Waals surface area contributed by atoms with E-state index in [4.69, 9.17) is 11.5 Å². The molecule has 25 heavy (non-hydrogen) atoms. The van der Waals surface area contributed by atoms with Crippen LogP contribution in [0.5, 0.6) is 0 Å². The number of rotatable bonds is 21. The third kappa shape index (κ3) is 19.8. The van der Waals surface area contributed by atoms with E-state index in [1.54, 1.807) is 0 Å². The lowest BCUT2D eigenvalue weighted by Crippen LogP contribution is -2.29. The van der Waals surface area contributed by atoms with Crippen LogP contribution in [0.4, 0.5) is 0 Å². The lowest BCUT2D eigenvalue weighted by molar-refractivity contribution is 0.263. The van der Waals surface area contributed by atoms with Crippen LogP contribution >= 0.6 is 0 Å². The minimum absolute atomic E-state index is 0.800. The molecule has 0 aliphatic heterocycles. The van der Waals surface area contributed by atoms with Gasteiger partial charge in [-0.1, -0.05) is 70.3 Å². The molecule has 0 spiro atoms. The summed E-state index contributed by atoms with van der Waals surface area (Å²) in [6.45, 7) is 8.89. The first kappa shape index (κ1) is 24.6. The molecule has 0 atom stereocenters. The van der Waals surface area contributed by atoms with E-state index in [0.29, 0.717) is 0 Å². The van der Waals surface area contributed by atoms with Crippen LogP contribution in [0.25, 0.3) is 0 Å². The lowest BCUT2D eigenvalue weighted by Gasteiger charge is -2.21. The number of nitrogens with two attached hydrogens (primary N) is 2. The third-order valence-electron chi connectivity index (χ3n) is 4.99. The van der Waals surface area contributed by atoms with Crippen molar-refractivity contribution in [3.05, 3.63) is 12.7 Å². The zero-order valence-corrected chi connectivity index (χ0v) is 17.0. The zero-order chi connectivity index (χ0) is 18.4. The highest BCUT2D eigenvalue weighted by Gasteiger charge is 2.03. The van der Waals surface area contributed by atoms with Gasteiger partial charge in [0.05, 0.1) is 0 Å². The van der Waals surface area contributed by atoms with Gasteiger partial charge in [-0.15, -0.1) is 6.58 Å². The van der Waals surface area contributed by atoms with Gasteiger partial charge in [-0.05, 0) is 64.8 Å². The summed E-state index contributed by atoms with van der Waals surface area (Å²) < 4.78 is 0. The Balaban J connectivity index is 3.29. The van der Waals surface area contributed by atoms with Gasteiger partial charge in [0, 0.05) is 0 Å². The molecular weight excluding hydrogens is 306 g/mol. The minimum Gasteiger partial charge on any atom is -0.330 e. The molecule has 0 aliphatic carbocycles. The van der Waals surface area contributed by atoms with Crippen molar-refractivity contribution in [3.63, 3.8) is 0 Å². The van der Waals surface area contributed by atoms with E-state index in [1.807, 2.05) is 6.08 Å². The van der Waals surface area contributed by atoms with Crippen molar-refractivity contribution in [1.29, 1.82) is 0 Å². The predicted octanol–water partition coefficient (Wildman–Crippen LogP) is 5.24. The highest BCUT2D eigenvalue weighted by atomic mass is 15.1. The molecule has 0 aromatic rings. The number of nitrogens with zero attached hydrogens (tertiary/aromatic N) is 1. The summed E-state index contributed by atoms with van der Waals surface area (Å²) in [5.41, 5.74) is 11.3. The smallest absolute Gasteiger partial charge is 0.000671 e. The number of hydrogen-bond acceptors (Lipinski definition) is 3. The average molecular weight is 354 g/mol. The van der Waals surface area contributed by atoms with Crippen LogP contribution in [-0.4, -0.2) is 37.6 Å². The molecule has 0 aromatic heterocycles. The molecule has 0 radical (unpaired) electrons. The highest BCUT2D eigenvalue weighted by molar-refractivity contribution is 4.65. The van der Waals surface area contributed by atoms with Gasteiger partial charge in [0.15, 0.2) is 0 Å². The van der Waals surface area contributed by atoms with Crippen molar-refractivity contribution in [3.8, 4) is 0 Å². The second kappa shape index (κ2) is 21.7. The molecule has 0 saturated carbocycles. The van der Waals surface area contributed by atoms with Crippen molar-refractivity contribution < 1.29 is 0 Å². The Labute approximate surface area is 158 Å². The first-order chi connectivity index (χ1) is 12.3. The van der Waals surface area contributed by atoms with E-state index in [1.165, 1.54) is 90.0 Å². The standard InChI is InChI=1S/C22H47N3/c1-2-3-4-5-6-7-8-9-10-11-12-13-14-15-20-25(21-16-18-23)22-17-19-24/h2H,1,3-24H2. The summed E-state index contributed by atoms with van der Waals surface area (Å²) in [7, 11) is 0. The molecule has 150 valence electrons. The maximum atomic E-state index is 5.63. The first-order valence-electron chi connectivity index (χ1n) is 11.1. The molecule has 0 rings (SSSR count). The van der Waals surface area contributed by atoms with Gasteiger partial charge in [-0.2, -0.15) is 0 Å². The van der Waals surface area contributed by atoms with Gasteiger partial charge in [0.2, 0.25) is 0 Å². The number of unbranched alkanes of at least 4 members (excludes halogenated alkanes) is 12. The normalized spacial score (nSPS) is 11.3. The molecule has 0 unspecified atom stereocenters. The fourth-order valence-electron chi connectivity index (χ4n) is 3.36. The Bertz CT molecular complexity index is 248. The Morgan fingerprint density at radius 1 is 0.520 bits per heavy atom. The number of allylic oxidation sites excluding steroid dienone is 1. The van der Waals surface area contributed by atoms with Crippen LogP contribution in [0.2, 0.25) is 0 Å². The first-order valence-corrected chi connectivity index (χ1v) is 11.1. The molecule has 0 bridgehead atoms. The van der Waals surface area contributed by atoms with Crippen molar-refractivity contribution in [2.24, 2.45) is 11.5 Å². The van der Waals surface area contributed by atoms with Crippen molar-refractivity contribution in [1.82, 2.24) is 4.90 Å². The Kier molecular flexibility index (Phi) is 21.3. The van der Waals surface area contributed by atoms with Gasteiger partial charge >= 0.3 is 0 Å². The van der Waals surface area contributed by atoms with Gasteiger partial charge in [-0.3, -0.25) is 0 Å². The topological polar surface area (TPSA) is 55.3 Å². The van der Waals surface area contributed by atoms with E-state index in [2.05, 4.69) is 11.5 Å².